The van der Waals surface area contributed by atoms with E-state index in [-0.39, 0.29) is 17.4 Å². The highest BCUT2D eigenvalue weighted by Gasteiger charge is 2.25. The first-order chi connectivity index (χ1) is 11.0. The summed E-state index contributed by atoms with van der Waals surface area (Å²) in [5.74, 6) is -1.08. The summed E-state index contributed by atoms with van der Waals surface area (Å²) in [5, 5.41) is 0. The normalized spacial score (nSPS) is 17.8. The van der Waals surface area contributed by atoms with Gasteiger partial charge in [-0.1, -0.05) is 36.4 Å². The second-order valence-corrected chi connectivity index (χ2v) is 5.73. The third-order valence-corrected chi connectivity index (χ3v) is 4.13. The minimum absolute atomic E-state index is 0.0356. The lowest BCUT2D eigenvalue weighted by Crippen LogP contribution is -2.37. The number of halogens is 2. The summed E-state index contributed by atoms with van der Waals surface area (Å²) >= 11 is 0. The second-order valence-electron chi connectivity index (χ2n) is 5.73. The van der Waals surface area contributed by atoms with Gasteiger partial charge in [0, 0.05) is 31.5 Å². The van der Waals surface area contributed by atoms with Crippen LogP contribution in [0.25, 0.3) is 5.57 Å². The van der Waals surface area contributed by atoms with E-state index in [2.05, 4.69) is 0 Å². The second kappa shape index (κ2) is 6.32. The molecule has 1 aliphatic rings. The molecule has 3 rings (SSSR count). The SMILES string of the molecule is CC(=O)N1CC(c2cc(F)ccc2F)=CC(c2ccccc2)C1. The molecule has 118 valence electrons. The van der Waals surface area contributed by atoms with Crippen LogP contribution in [0.3, 0.4) is 0 Å². The first-order valence-electron chi connectivity index (χ1n) is 7.51. The first-order valence-corrected chi connectivity index (χ1v) is 7.51. The summed E-state index contributed by atoms with van der Waals surface area (Å²) in [5.41, 5.74) is 1.90. The van der Waals surface area contributed by atoms with Crippen LogP contribution >= 0.6 is 0 Å². The Kier molecular flexibility index (Phi) is 4.24. The monoisotopic (exact) mass is 313 g/mol. The number of benzene rings is 2. The minimum Gasteiger partial charge on any atom is -0.338 e. The highest BCUT2D eigenvalue weighted by Crippen LogP contribution is 2.31. The molecule has 0 saturated heterocycles. The van der Waals surface area contributed by atoms with Crippen LogP contribution in [0.4, 0.5) is 8.78 Å². The Balaban J connectivity index is 2.04. The smallest absolute Gasteiger partial charge is 0.219 e. The van der Waals surface area contributed by atoms with E-state index in [1.807, 2.05) is 36.4 Å². The Morgan fingerprint density at radius 3 is 2.57 bits per heavy atom. The molecule has 1 unspecified atom stereocenters. The van der Waals surface area contributed by atoms with Crippen molar-refractivity contribution in [1.29, 1.82) is 0 Å². The third kappa shape index (κ3) is 3.31. The molecule has 2 aromatic carbocycles. The number of hydrogen-bond donors (Lipinski definition) is 0. The van der Waals surface area contributed by atoms with Gasteiger partial charge in [0.05, 0.1) is 0 Å². The number of carbonyl (C=O) groups excluding carboxylic acids is 1. The van der Waals surface area contributed by atoms with Gasteiger partial charge < -0.3 is 4.90 Å². The van der Waals surface area contributed by atoms with Crippen LogP contribution in [-0.4, -0.2) is 23.9 Å². The van der Waals surface area contributed by atoms with E-state index in [0.29, 0.717) is 18.7 Å². The predicted molar refractivity (Wildman–Crippen MR) is 85.8 cm³/mol. The third-order valence-electron chi connectivity index (χ3n) is 4.13. The molecule has 1 atom stereocenters. The standard InChI is InChI=1S/C19H17F2NO/c1-13(23)22-11-15(14-5-3-2-4-6-14)9-16(12-22)18-10-17(20)7-8-19(18)21/h2-10,15H,11-12H2,1H3. The van der Waals surface area contributed by atoms with Crippen molar-refractivity contribution in [1.82, 2.24) is 4.90 Å². The average molecular weight is 313 g/mol. The highest BCUT2D eigenvalue weighted by atomic mass is 19.1. The molecule has 0 aliphatic carbocycles. The summed E-state index contributed by atoms with van der Waals surface area (Å²) in [6, 6.07) is 13.1. The Bertz CT molecular complexity index is 755. The van der Waals surface area contributed by atoms with Crippen molar-refractivity contribution in [3.05, 3.63) is 77.4 Å². The fraction of sp³-hybridized carbons (Fsp3) is 0.211. The molecule has 2 nitrogen and oxygen atoms in total. The van der Waals surface area contributed by atoms with E-state index in [1.54, 1.807) is 4.90 Å². The molecule has 1 heterocycles. The van der Waals surface area contributed by atoms with E-state index in [9.17, 15) is 13.6 Å². The fourth-order valence-electron chi connectivity index (χ4n) is 2.92. The van der Waals surface area contributed by atoms with Crippen molar-refractivity contribution in [2.45, 2.75) is 12.8 Å². The lowest BCUT2D eigenvalue weighted by Gasteiger charge is -2.32. The highest BCUT2D eigenvalue weighted by molar-refractivity contribution is 5.79. The van der Waals surface area contributed by atoms with Gasteiger partial charge in [0.1, 0.15) is 11.6 Å². The van der Waals surface area contributed by atoms with Gasteiger partial charge in [-0.25, -0.2) is 8.78 Å². The Labute approximate surface area is 134 Å². The summed E-state index contributed by atoms with van der Waals surface area (Å²) in [7, 11) is 0. The van der Waals surface area contributed by atoms with Gasteiger partial charge in [-0.2, -0.15) is 0 Å². The molecule has 0 fully saturated rings. The fourth-order valence-corrected chi connectivity index (χ4v) is 2.92. The Morgan fingerprint density at radius 1 is 1.13 bits per heavy atom. The Hall–Kier alpha value is -2.49. The zero-order chi connectivity index (χ0) is 16.4. The molecule has 23 heavy (non-hydrogen) atoms. The zero-order valence-corrected chi connectivity index (χ0v) is 12.8. The summed E-state index contributed by atoms with van der Waals surface area (Å²) in [6.45, 7) is 2.33. The molecule has 0 radical (unpaired) electrons. The maximum atomic E-state index is 14.1. The van der Waals surface area contributed by atoms with E-state index in [0.717, 1.165) is 17.7 Å². The molecular formula is C19H17F2NO. The van der Waals surface area contributed by atoms with Gasteiger partial charge in [-0.3, -0.25) is 4.79 Å². The number of rotatable bonds is 2. The van der Waals surface area contributed by atoms with E-state index < -0.39 is 11.6 Å². The van der Waals surface area contributed by atoms with Crippen molar-refractivity contribution < 1.29 is 13.6 Å². The first kappa shape index (κ1) is 15.4. The van der Waals surface area contributed by atoms with Crippen LogP contribution in [0.2, 0.25) is 0 Å². The molecule has 2 aromatic rings. The van der Waals surface area contributed by atoms with Crippen molar-refractivity contribution >= 4 is 11.5 Å². The summed E-state index contributed by atoms with van der Waals surface area (Å²) in [4.78, 5) is 13.5. The average Bonchev–Trinajstić information content (AvgIpc) is 2.57. The number of carbonyl (C=O) groups is 1. The Morgan fingerprint density at radius 2 is 1.87 bits per heavy atom. The molecule has 0 aromatic heterocycles. The molecule has 0 bridgehead atoms. The summed E-state index contributed by atoms with van der Waals surface area (Å²) in [6.07, 6.45) is 1.94. The van der Waals surface area contributed by atoms with Crippen LogP contribution in [0.5, 0.6) is 0 Å². The van der Waals surface area contributed by atoms with Crippen molar-refractivity contribution in [2.75, 3.05) is 13.1 Å². The van der Waals surface area contributed by atoms with Crippen LogP contribution in [0, 0.1) is 11.6 Å². The molecule has 1 amide bonds. The van der Waals surface area contributed by atoms with Crippen molar-refractivity contribution in [3.8, 4) is 0 Å². The topological polar surface area (TPSA) is 20.3 Å². The lowest BCUT2D eigenvalue weighted by atomic mass is 9.89. The van der Waals surface area contributed by atoms with Crippen molar-refractivity contribution in [2.24, 2.45) is 0 Å². The van der Waals surface area contributed by atoms with Gasteiger partial charge in [0.25, 0.3) is 0 Å². The summed E-state index contributed by atoms with van der Waals surface area (Å²) < 4.78 is 27.6. The van der Waals surface area contributed by atoms with Crippen LogP contribution in [-0.2, 0) is 4.79 Å². The quantitative estimate of drug-likeness (QED) is 0.821. The molecule has 0 saturated carbocycles. The van der Waals surface area contributed by atoms with Gasteiger partial charge in [-0.05, 0) is 29.3 Å². The van der Waals surface area contributed by atoms with E-state index in [4.69, 9.17) is 0 Å². The predicted octanol–water partition coefficient (Wildman–Crippen LogP) is 3.99. The molecule has 1 aliphatic heterocycles. The van der Waals surface area contributed by atoms with Gasteiger partial charge in [0.2, 0.25) is 5.91 Å². The van der Waals surface area contributed by atoms with Gasteiger partial charge in [-0.15, -0.1) is 0 Å². The van der Waals surface area contributed by atoms with Gasteiger partial charge >= 0.3 is 0 Å². The molecule has 4 heteroatoms. The van der Waals surface area contributed by atoms with Crippen LogP contribution in [0.15, 0.2) is 54.6 Å². The molecule has 0 spiro atoms. The minimum atomic E-state index is -0.487. The lowest BCUT2D eigenvalue weighted by molar-refractivity contribution is -0.128. The van der Waals surface area contributed by atoms with Crippen LogP contribution < -0.4 is 0 Å². The molecule has 0 N–H and O–H groups in total. The van der Waals surface area contributed by atoms with Crippen LogP contribution in [0.1, 0.15) is 24.0 Å². The number of amides is 1. The molecular weight excluding hydrogens is 296 g/mol. The van der Waals surface area contributed by atoms with Gasteiger partial charge in [0.15, 0.2) is 0 Å². The largest absolute Gasteiger partial charge is 0.338 e. The maximum absolute atomic E-state index is 14.1. The zero-order valence-electron chi connectivity index (χ0n) is 12.8. The van der Waals surface area contributed by atoms with E-state index >= 15 is 0 Å². The number of hydrogen-bond acceptors (Lipinski definition) is 1. The number of nitrogens with zero attached hydrogens (tertiary/aromatic N) is 1. The van der Waals surface area contributed by atoms with Crippen molar-refractivity contribution in [3.63, 3.8) is 0 Å². The maximum Gasteiger partial charge on any atom is 0.219 e. The van der Waals surface area contributed by atoms with E-state index in [1.165, 1.54) is 13.0 Å².